The number of pyridine rings is 1. The number of rotatable bonds is 6. The lowest BCUT2D eigenvalue weighted by Crippen LogP contribution is -2.36. The van der Waals surface area contributed by atoms with Crippen LogP contribution in [0.4, 0.5) is 22.0 Å². The molecule has 0 unspecified atom stereocenters. The molecule has 3 N–H and O–H groups in total. The Kier molecular flexibility index (Phi) is 7.34. The van der Waals surface area contributed by atoms with Gasteiger partial charge in [-0.25, -0.2) is 9.78 Å². The molecule has 0 radical (unpaired) electrons. The predicted molar refractivity (Wildman–Crippen MR) is 142 cm³/mol. The minimum Gasteiger partial charge on any atom is -0.377 e. The van der Waals surface area contributed by atoms with Crippen LogP contribution in [0.3, 0.4) is 0 Å². The van der Waals surface area contributed by atoms with Gasteiger partial charge in [0.2, 0.25) is 0 Å². The molecule has 1 aliphatic carbocycles. The van der Waals surface area contributed by atoms with Crippen molar-refractivity contribution in [2.75, 3.05) is 36.2 Å². The van der Waals surface area contributed by atoms with Crippen LogP contribution < -0.4 is 20.9 Å². The summed E-state index contributed by atoms with van der Waals surface area (Å²) < 4.78 is 1.03. The summed E-state index contributed by atoms with van der Waals surface area (Å²) in [6.07, 6.45) is 4.34. The third-order valence-electron chi connectivity index (χ3n) is 6.05. The maximum Gasteiger partial charge on any atom is 0.319 e. The summed E-state index contributed by atoms with van der Waals surface area (Å²) in [6, 6.07) is 18.5. The average molecular weight is 543 g/mol. The predicted octanol–water partition coefficient (Wildman–Crippen LogP) is 5.70. The number of benzene rings is 2. The van der Waals surface area contributed by atoms with Crippen molar-refractivity contribution in [2.24, 2.45) is 5.92 Å². The van der Waals surface area contributed by atoms with E-state index < -0.39 is 0 Å². The van der Waals surface area contributed by atoms with Crippen LogP contribution in [0.25, 0.3) is 10.9 Å². The van der Waals surface area contributed by atoms with Crippen molar-refractivity contribution in [2.45, 2.75) is 31.7 Å². The number of carbonyl (C=O) groups excluding carboxylic acids is 1. The summed E-state index contributed by atoms with van der Waals surface area (Å²) in [6.45, 7) is 0.709. The van der Waals surface area contributed by atoms with E-state index in [0.29, 0.717) is 18.5 Å². The van der Waals surface area contributed by atoms with Gasteiger partial charge in [-0.3, -0.25) is 0 Å². The summed E-state index contributed by atoms with van der Waals surface area (Å²) in [4.78, 5) is 19.2. The molecule has 32 heavy (non-hydrogen) atoms. The summed E-state index contributed by atoms with van der Waals surface area (Å²) in [5, 5.41) is 10.8. The Morgan fingerprint density at radius 1 is 1.06 bits per heavy atom. The van der Waals surface area contributed by atoms with Gasteiger partial charge >= 0.3 is 6.03 Å². The monoisotopic (exact) mass is 543 g/mol. The number of urea groups is 1. The number of nitrogens with zero attached hydrogens (tertiary/aromatic N) is 2. The number of hydrogen-bond donors (Lipinski definition) is 3. The molecule has 3 aromatic rings. The molecule has 7 heteroatoms. The number of fused-ring (bicyclic) bond motifs is 1. The van der Waals surface area contributed by atoms with Gasteiger partial charge < -0.3 is 20.9 Å². The topological polar surface area (TPSA) is 69.3 Å². The van der Waals surface area contributed by atoms with Gasteiger partial charge in [0.15, 0.2) is 0 Å². The van der Waals surface area contributed by atoms with E-state index in [1.54, 1.807) is 0 Å². The third kappa shape index (κ3) is 5.62. The zero-order valence-corrected chi connectivity index (χ0v) is 20.7. The Balaban J connectivity index is 1.28. The standard InChI is InChI=1S/C25H30IN5O/c1-31(2)23-15-24(29-21-9-5-3-7-19(21)23)28-18-13-11-17(12-14-18)16-27-25(32)30-22-10-6-4-8-20(22)26/h3-10,15,17-18H,11-14,16H2,1-2H3,(H,28,29)(H2,27,30,32)/t17-,18+. The van der Waals surface area contributed by atoms with Gasteiger partial charge in [-0.15, -0.1) is 0 Å². The maximum atomic E-state index is 12.3. The molecular weight excluding hydrogens is 513 g/mol. The molecule has 0 atom stereocenters. The molecule has 2 aromatic carbocycles. The first-order valence-corrected chi connectivity index (χ1v) is 12.2. The quantitative estimate of drug-likeness (QED) is 0.349. The lowest BCUT2D eigenvalue weighted by molar-refractivity contribution is 0.246. The fourth-order valence-electron chi connectivity index (χ4n) is 4.29. The number of hydrogen-bond acceptors (Lipinski definition) is 4. The van der Waals surface area contributed by atoms with Gasteiger partial charge in [-0.05, 0) is 72.4 Å². The fourth-order valence-corrected chi connectivity index (χ4v) is 4.81. The average Bonchev–Trinajstić information content (AvgIpc) is 2.79. The molecule has 2 amide bonds. The van der Waals surface area contributed by atoms with Gasteiger partial charge in [-0.1, -0.05) is 30.3 Å². The van der Waals surface area contributed by atoms with Gasteiger partial charge in [0.25, 0.3) is 0 Å². The van der Waals surface area contributed by atoms with E-state index in [2.05, 4.69) is 81.8 Å². The van der Waals surface area contributed by atoms with Gasteiger partial charge in [0.05, 0.1) is 11.2 Å². The zero-order chi connectivity index (χ0) is 22.5. The molecule has 0 saturated heterocycles. The summed E-state index contributed by atoms with van der Waals surface area (Å²) in [5.74, 6) is 1.45. The largest absolute Gasteiger partial charge is 0.377 e. The van der Waals surface area contributed by atoms with E-state index in [-0.39, 0.29) is 6.03 Å². The number of anilines is 3. The van der Waals surface area contributed by atoms with Crippen LogP contribution in [-0.4, -0.2) is 37.7 Å². The summed E-state index contributed by atoms with van der Waals surface area (Å²) in [7, 11) is 4.14. The molecule has 168 valence electrons. The lowest BCUT2D eigenvalue weighted by Gasteiger charge is -2.30. The number of amides is 2. The Morgan fingerprint density at radius 2 is 1.78 bits per heavy atom. The zero-order valence-electron chi connectivity index (χ0n) is 18.6. The molecule has 1 aliphatic rings. The van der Waals surface area contributed by atoms with Crippen LogP contribution in [0.15, 0.2) is 54.6 Å². The first kappa shape index (κ1) is 22.6. The summed E-state index contributed by atoms with van der Waals surface area (Å²) >= 11 is 2.23. The number of nitrogens with one attached hydrogen (secondary N) is 3. The second-order valence-corrected chi connectivity index (χ2v) is 9.78. The van der Waals surface area contributed by atoms with Crippen molar-refractivity contribution in [1.82, 2.24) is 10.3 Å². The molecule has 1 heterocycles. The van der Waals surface area contributed by atoms with E-state index >= 15 is 0 Å². The normalized spacial score (nSPS) is 18.2. The third-order valence-corrected chi connectivity index (χ3v) is 6.99. The Morgan fingerprint density at radius 3 is 2.53 bits per heavy atom. The van der Waals surface area contributed by atoms with Crippen molar-refractivity contribution in [1.29, 1.82) is 0 Å². The Hall–Kier alpha value is -2.55. The van der Waals surface area contributed by atoms with Crippen molar-refractivity contribution < 1.29 is 4.79 Å². The Labute approximate surface area is 203 Å². The smallest absolute Gasteiger partial charge is 0.319 e. The van der Waals surface area contributed by atoms with E-state index in [4.69, 9.17) is 4.98 Å². The highest BCUT2D eigenvalue weighted by molar-refractivity contribution is 14.1. The highest BCUT2D eigenvalue weighted by Crippen LogP contribution is 2.30. The van der Waals surface area contributed by atoms with E-state index in [9.17, 15) is 4.79 Å². The van der Waals surface area contributed by atoms with Crippen LogP contribution in [-0.2, 0) is 0 Å². The van der Waals surface area contributed by atoms with E-state index in [0.717, 1.165) is 46.3 Å². The van der Waals surface area contributed by atoms with Crippen molar-refractivity contribution in [3.8, 4) is 0 Å². The lowest BCUT2D eigenvalue weighted by atomic mass is 9.86. The van der Waals surface area contributed by atoms with E-state index in [1.807, 2.05) is 30.3 Å². The van der Waals surface area contributed by atoms with Crippen LogP contribution >= 0.6 is 22.6 Å². The molecular formula is C25H30IN5O. The second kappa shape index (κ2) is 10.4. The van der Waals surface area contributed by atoms with Gasteiger partial charge in [0.1, 0.15) is 5.82 Å². The van der Waals surface area contributed by atoms with Gasteiger partial charge in [-0.2, -0.15) is 0 Å². The summed E-state index contributed by atoms with van der Waals surface area (Å²) in [5.41, 5.74) is 3.03. The highest BCUT2D eigenvalue weighted by Gasteiger charge is 2.22. The van der Waals surface area contributed by atoms with Crippen LogP contribution in [0.5, 0.6) is 0 Å². The van der Waals surface area contributed by atoms with Gasteiger partial charge in [0, 0.05) is 47.4 Å². The van der Waals surface area contributed by atoms with E-state index in [1.165, 1.54) is 11.1 Å². The van der Waals surface area contributed by atoms with Crippen molar-refractivity contribution in [3.63, 3.8) is 0 Å². The number of aromatic nitrogens is 1. The number of halogens is 1. The van der Waals surface area contributed by atoms with Crippen LogP contribution in [0.1, 0.15) is 25.7 Å². The molecule has 0 aliphatic heterocycles. The fraction of sp³-hybridized carbons (Fsp3) is 0.360. The molecule has 6 nitrogen and oxygen atoms in total. The molecule has 1 fully saturated rings. The number of carbonyl (C=O) groups is 1. The maximum absolute atomic E-state index is 12.3. The molecule has 4 rings (SSSR count). The highest BCUT2D eigenvalue weighted by atomic mass is 127. The van der Waals surface area contributed by atoms with Crippen molar-refractivity contribution >= 4 is 56.7 Å². The SMILES string of the molecule is CN(C)c1cc(N[C@H]2CC[C@@H](CNC(=O)Nc3ccccc3I)CC2)nc2ccccc12. The molecule has 0 bridgehead atoms. The molecule has 0 spiro atoms. The van der Waals surface area contributed by atoms with Crippen LogP contribution in [0, 0.1) is 9.49 Å². The first-order valence-electron chi connectivity index (χ1n) is 11.1. The minimum absolute atomic E-state index is 0.133. The molecule has 1 aromatic heterocycles. The van der Waals surface area contributed by atoms with Crippen molar-refractivity contribution in [3.05, 3.63) is 58.2 Å². The number of para-hydroxylation sites is 2. The second-order valence-electron chi connectivity index (χ2n) is 8.62. The molecule has 1 saturated carbocycles. The Bertz CT molecular complexity index is 1080. The first-order chi connectivity index (χ1) is 15.5. The minimum atomic E-state index is -0.133. The van der Waals surface area contributed by atoms with Crippen LogP contribution in [0.2, 0.25) is 0 Å².